The molecule has 3 N–H and O–H groups in total. The van der Waals surface area contributed by atoms with Crippen LogP contribution in [0.15, 0.2) is 77.0 Å². The standard InChI is InChI=1S/C32H28N6O4/c1-19-23(18-33)31(35-16-17-42-2)36-32(34-15-14-20-8-4-3-5-9-20)28(19)38-37-24-12-6-10-21-26(24)29(40)22-11-7-13-25(39)27(22)30(21)41/h3-13,39H,14-17H2,1-2H3,(H2,34,35,36). The number of nitrogens with zero attached hydrogens (tertiary/aromatic N) is 4. The minimum atomic E-state index is -0.464. The number of phenolic OH excluding ortho intramolecular Hbond substituents is 1. The minimum absolute atomic E-state index is 0.0238. The summed E-state index contributed by atoms with van der Waals surface area (Å²) in [5.74, 6) is -0.346. The number of pyridine rings is 1. The lowest BCUT2D eigenvalue weighted by atomic mass is 9.83. The normalized spacial score (nSPS) is 12.1. The van der Waals surface area contributed by atoms with E-state index in [1.165, 1.54) is 24.3 Å². The Kier molecular flexibility index (Phi) is 8.32. The first kappa shape index (κ1) is 28.1. The average Bonchev–Trinajstić information content (AvgIpc) is 3.00. The number of carbonyl (C=O) groups is 2. The van der Waals surface area contributed by atoms with E-state index in [9.17, 15) is 20.0 Å². The minimum Gasteiger partial charge on any atom is -0.507 e. The monoisotopic (exact) mass is 560 g/mol. The summed E-state index contributed by atoms with van der Waals surface area (Å²) in [5.41, 5.74) is 2.84. The first-order valence-corrected chi connectivity index (χ1v) is 13.4. The van der Waals surface area contributed by atoms with Gasteiger partial charge in [-0.2, -0.15) is 5.26 Å². The molecule has 4 aromatic rings. The molecule has 0 atom stereocenters. The van der Waals surface area contributed by atoms with Gasteiger partial charge in [0.2, 0.25) is 0 Å². The highest BCUT2D eigenvalue weighted by Gasteiger charge is 2.33. The molecule has 0 unspecified atom stereocenters. The van der Waals surface area contributed by atoms with Gasteiger partial charge in [0.1, 0.15) is 23.3 Å². The third-order valence-corrected chi connectivity index (χ3v) is 6.96. The van der Waals surface area contributed by atoms with Crippen LogP contribution in [0.2, 0.25) is 0 Å². The Morgan fingerprint density at radius 2 is 1.57 bits per heavy atom. The van der Waals surface area contributed by atoms with Crippen LogP contribution in [0.1, 0.15) is 48.5 Å². The second kappa shape index (κ2) is 12.4. The maximum atomic E-state index is 13.5. The maximum Gasteiger partial charge on any atom is 0.198 e. The van der Waals surface area contributed by atoms with Gasteiger partial charge >= 0.3 is 0 Å². The summed E-state index contributed by atoms with van der Waals surface area (Å²) in [6, 6.07) is 21.3. The van der Waals surface area contributed by atoms with E-state index < -0.39 is 11.6 Å². The van der Waals surface area contributed by atoms with Crippen LogP contribution in [0.5, 0.6) is 5.75 Å². The predicted molar refractivity (Wildman–Crippen MR) is 158 cm³/mol. The van der Waals surface area contributed by atoms with Crippen molar-refractivity contribution in [1.82, 2.24) is 4.98 Å². The molecule has 1 aromatic heterocycles. The van der Waals surface area contributed by atoms with Crippen molar-refractivity contribution in [3.63, 3.8) is 0 Å². The van der Waals surface area contributed by atoms with E-state index in [0.717, 1.165) is 12.0 Å². The number of aromatic hydroxyl groups is 1. The summed E-state index contributed by atoms with van der Waals surface area (Å²) in [7, 11) is 1.59. The van der Waals surface area contributed by atoms with E-state index in [4.69, 9.17) is 4.74 Å². The van der Waals surface area contributed by atoms with Gasteiger partial charge in [0, 0.05) is 36.9 Å². The Labute approximate surface area is 242 Å². The number of benzene rings is 3. The second-order valence-corrected chi connectivity index (χ2v) is 9.61. The van der Waals surface area contributed by atoms with Crippen molar-refractivity contribution in [1.29, 1.82) is 5.26 Å². The largest absolute Gasteiger partial charge is 0.507 e. The Morgan fingerprint density at radius 3 is 2.31 bits per heavy atom. The van der Waals surface area contributed by atoms with E-state index in [2.05, 4.69) is 31.9 Å². The van der Waals surface area contributed by atoms with Crippen LogP contribution in [-0.2, 0) is 11.2 Å². The number of hydrogen-bond donors (Lipinski definition) is 3. The SMILES string of the molecule is COCCNc1nc(NCCc2ccccc2)c(N=Nc2cccc3c2C(=O)c2cccc(O)c2C3=O)c(C)c1C#N. The third kappa shape index (κ3) is 5.46. The molecule has 1 aliphatic carbocycles. The molecule has 0 spiro atoms. The van der Waals surface area contributed by atoms with E-state index >= 15 is 0 Å². The van der Waals surface area contributed by atoms with E-state index in [1.807, 2.05) is 30.3 Å². The zero-order chi connectivity index (χ0) is 29.6. The topological polar surface area (TPSA) is 149 Å². The molecule has 3 aromatic carbocycles. The van der Waals surface area contributed by atoms with Gasteiger partial charge in [0.25, 0.3) is 0 Å². The summed E-state index contributed by atoms with van der Waals surface area (Å²) in [6.07, 6.45) is 0.722. The van der Waals surface area contributed by atoms with Gasteiger partial charge in [-0.05, 0) is 31.0 Å². The van der Waals surface area contributed by atoms with Crippen molar-refractivity contribution < 1.29 is 19.4 Å². The average molecular weight is 561 g/mol. The molecule has 1 heterocycles. The van der Waals surface area contributed by atoms with Gasteiger partial charge in [-0.25, -0.2) is 4.98 Å². The summed E-state index contributed by atoms with van der Waals surface area (Å²) in [6.45, 7) is 3.17. The van der Waals surface area contributed by atoms with Crippen LogP contribution in [0.4, 0.5) is 23.0 Å². The van der Waals surface area contributed by atoms with Crippen LogP contribution in [-0.4, -0.2) is 48.5 Å². The van der Waals surface area contributed by atoms with Crippen LogP contribution in [0.3, 0.4) is 0 Å². The number of carbonyl (C=O) groups excluding carboxylic acids is 2. The van der Waals surface area contributed by atoms with Crippen molar-refractivity contribution in [2.24, 2.45) is 10.2 Å². The van der Waals surface area contributed by atoms with Crippen molar-refractivity contribution in [3.05, 3.63) is 106 Å². The van der Waals surface area contributed by atoms with Crippen molar-refractivity contribution in [3.8, 4) is 11.8 Å². The number of anilines is 2. The highest BCUT2D eigenvalue weighted by molar-refractivity contribution is 6.30. The molecule has 0 bridgehead atoms. The number of ether oxygens (including phenoxy) is 1. The zero-order valence-electron chi connectivity index (χ0n) is 23.1. The first-order valence-electron chi connectivity index (χ1n) is 13.4. The molecular weight excluding hydrogens is 532 g/mol. The third-order valence-electron chi connectivity index (χ3n) is 6.96. The molecule has 5 rings (SSSR count). The number of methoxy groups -OCH3 is 1. The van der Waals surface area contributed by atoms with Crippen molar-refractivity contribution >= 4 is 34.6 Å². The van der Waals surface area contributed by atoms with Gasteiger partial charge in [-0.1, -0.05) is 54.6 Å². The highest BCUT2D eigenvalue weighted by atomic mass is 16.5. The summed E-state index contributed by atoms with van der Waals surface area (Å²) < 4.78 is 5.13. The maximum absolute atomic E-state index is 13.5. The van der Waals surface area contributed by atoms with Gasteiger partial charge < -0.3 is 20.5 Å². The number of azo groups is 1. The highest BCUT2D eigenvalue weighted by Crippen LogP contribution is 2.39. The van der Waals surface area contributed by atoms with Gasteiger partial charge in [-0.3, -0.25) is 9.59 Å². The molecule has 0 fully saturated rings. The number of ketones is 2. The van der Waals surface area contributed by atoms with Crippen LogP contribution < -0.4 is 10.6 Å². The van der Waals surface area contributed by atoms with Crippen molar-refractivity contribution in [2.75, 3.05) is 37.4 Å². The first-order chi connectivity index (χ1) is 20.4. The van der Waals surface area contributed by atoms with Crippen molar-refractivity contribution in [2.45, 2.75) is 13.3 Å². The number of phenols is 1. The number of rotatable bonds is 10. The van der Waals surface area contributed by atoms with E-state index in [0.29, 0.717) is 48.1 Å². The second-order valence-electron chi connectivity index (χ2n) is 9.61. The zero-order valence-corrected chi connectivity index (χ0v) is 23.1. The molecular formula is C32H28N6O4. The Hall–Kier alpha value is -5.40. The molecule has 0 amide bonds. The molecule has 210 valence electrons. The van der Waals surface area contributed by atoms with E-state index in [-0.39, 0.29) is 33.7 Å². The lowest BCUT2D eigenvalue weighted by molar-refractivity contribution is 0.0977. The van der Waals surface area contributed by atoms with Gasteiger partial charge in [0.05, 0.1) is 29.0 Å². The smallest absolute Gasteiger partial charge is 0.198 e. The number of nitriles is 1. The summed E-state index contributed by atoms with van der Waals surface area (Å²) >= 11 is 0. The fraction of sp³-hybridized carbons (Fsp3) is 0.188. The molecule has 10 heteroatoms. The molecule has 1 aliphatic rings. The summed E-state index contributed by atoms with van der Waals surface area (Å²) in [5, 5.41) is 35.6. The Bertz CT molecular complexity index is 1740. The Balaban J connectivity index is 1.54. The Morgan fingerprint density at radius 1 is 0.881 bits per heavy atom. The van der Waals surface area contributed by atoms with Crippen LogP contribution in [0, 0.1) is 18.3 Å². The fourth-order valence-corrected chi connectivity index (χ4v) is 4.84. The number of fused-ring (bicyclic) bond motifs is 2. The van der Waals surface area contributed by atoms with Gasteiger partial charge in [-0.15, -0.1) is 10.2 Å². The quantitative estimate of drug-likeness (QED) is 0.142. The number of nitrogens with one attached hydrogen (secondary N) is 2. The van der Waals surface area contributed by atoms with Gasteiger partial charge in [0.15, 0.2) is 17.4 Å². The molecule has 0 saturated carbocycles. The molecule has 10 nitrogen and oxygen atoms in total. The van der Waals surface area contributed by atoms with Crippen LogP contribution in [0.25, 0.3) is 0 Å². The number of hydrogen-bond acceptors (Lipinski definition) is 10. The molecule has 42 heavy (non-hydrogen) atoms. The number of aromatic nitrogens is 1. The lowest BCUT2D eigenvalue weighted by Crippen LogP contribution is -2.21. The van der Waals surface area contributed by atoms with E-state index in [1.54, 1.807) is 26.2 Å². The predicted octanol–water partition coefficient (Wildman–Crippen LogP) is 5.87. The summed E-state index contributed by atoms with van der Waals surface area (Å²) in [4.78, 5) is 31.4. The molecule has 0 aliphatic heterocycles. The van der Waals surface area contributed by atoms with Crippen LogP contribution >= 0.6 is 0 Å². The fourth-order valence-electron chi connectivity index (χ4n) is 4.84. The molecule has 0 radical (unpaired) electrons. The lowest BCUT2D eigenvalue weighted by Gasteiger charge is -2.19. The molecule has 0 saturated heterocycles.